The molecule has 3 rings (SSSR count). The summed E-state index contributed by atoms with van der Waals surface area (Å²) >= 11 is 0. The molecule has 6 heteroatoms. The van der Waals surface area contributed by atoms with Crippen LogP contribution in [0.3, 0.4) is 0 Å². The zero-order chi connectivity index (χ0) is 15.4. The molecule has 0 aromatic carbocycles. The number of imidazole rings is 1. The summed E-state index contributed by atoms with van der Waals surface area (Å²) in [6, 6.07) is 0. The van der Waals surface area contributed by atoms with Gasteiger partial charge in [0.2, 0.25) is 5.91 Å². The van der Waals surface area contributed by atoms with Crippen molar-refractivity contribution in [2.75, 3.05) is 45.8 Å². The Hall–Kier alpha value is -1.40. The van der Waals surface area contributed by atoms with Gasteiger partial charge in [0.15, 0.2) is 0 Å². The van der Waals surface area contributed by atoms with Crippen LogP contribution in [0.25, 0.3) is 0 Å². The highest BCUT2D eigenvalue weighted by Crippen LogP contribution is 2.11. The number of piperazine rings is 1. The van der Waals surface area contributed by atoms with Crippen LogP contribution < -0.4 is 0 Å². The quantitative estimate of drug-likeness (QED) is 0.815. The fraction of sp³-hybridized carbons (Fsp3) is 0.750. The summed E-state index contributed by atoms with van der Waals surface area (Å²) in [6.07, 6.45) is 7.45. The molecule has 1 amide bonds. The van der Waals surface area contributed by atoms with Crippen LogP contribution in [0.1, 0.15) is 25.1 Å². The van der Waals surface area contributed by atoms with Crippen molar-refractivity contribution in [2.24, 2.45) is 7.05 Å². The lowest BCUT2D eigenvalue weighted by atomic mass is 10.1. The van der Waals surface area contributed by atoms with E-state index in [0.717, 1.165) is 51.6 Å². The first-order valence-electron chi connectivity index (χ1n) is 8.41. The number of aryl methyl sites for hydroxylation is 1. The molecule has 122 valence electrons. The number of carbonyl (C=O) groups excluding carboxylic acids is 1. The van der Waals surface area contributed by atoms with Crippen LogP contribution in [-0.4, -0.2) is 76.0 Å². The van der Waals surface area contributed by atoms with Crippen LogP contribution >= 0.6 is 0 Å². The molecular formula is C16H27N5O. The van der Waals surface area contributed by atoms with E-state index < -0.39 is 0 Å². The second-order valence-electron chi connectivity index (χ2n) is 6.45. The Morgan fingerprint density at radius 1 is 1.05 bits per heavy atom. The number of piperidine rings is 1. The van der Waals surface area contributed by atoms with E-state index in [2.05, 4.69) is 19.4 Å². The van der Waals surface area contributed by atoms with Crippen molar-refractivity contribution in [1.29, 1.82) is 0 Å². The molecule has 0 N–H and O–H groups in total. The molecule has 0 atom stereocenters. The van der Waals surface area contributed by atoms with Crippen molar-refractivity contribution in [2.45, 2.75) is 25.8 Å². The number of nitrogens with zero attached hydrogens (tertiary/aromatic N) is 5. The second kappa shape index (κ2) is 7.24. The maximum atomic E-state index is 12.3. The van der Waals surface area contributed by atoms with Crippen LogP contribution in [-0.2, 0) is 18.4 Å². The van der Waals surface area contributed by atoms with Crippen molar-refractivity contribution < 1.29 is 4.79 Å². The summed E-state index contributed by atoms with van der Waals surface area (Å²) in [5.41, 5.74) is 0. The Morgan fingerprint density at radius 2 is 1.73 bits per heavy atom. The van der Waals surface area contributed by atoms with Gasteiger partial charge in [-0.3, -0.25) is 14.6 Å². The fourth-order valence-electron chi connectivity index (χ4n) is 3.29. The molecular weight excluding hydrogens is 278 g/mol. The Balaban J connectivity index is 1.41. The van der Waals surface area contributed by atoms with Gasteiger partial charge in [-0.2, -0.15) is 0 Å². The predicted molar refractivity (Wildman–Crippen MR) is 85.4 cm³/mol. The molecule has 0 radical (unpaired) electrons. The first kappa shape index (κ1) is 15.5. The molecule has 2 saturated heterocycles. The first-order chi connectivity index (χ1) is 10.7. The van der Waals surface area contributed by atoms with E-state index >= 15 is 0 Å². The van der Waals surface area contributed by atoms with E-state index in [0.29, 0.717) is 12.5 Å². The molecule has 6 nitrogen and oxygen atoms in total. The third-order valence-corrected chi connectivity index (χ3v) is 4.82. The third kappa shape index (κ3) is 3.87. The fourth-order valence-corrected chi connectivity index (χ4v) is 3.29. The van der Waals surface area contributed by atoms with Crippen molar-refractivity contribution in [1.82, 2.24) is 24.3 Å². The van der Waals surface area contributed by atoms with Gasteiger partial charge in [0.1, 0.15) is 5.82 Å². The topological polar surface area (TPSA) is 44.6 Å². The van der Waals surface area contributed by atoms with E-state index in [4.69, 9.17) is 0 Å². The monoisotopic (exact) mass is 305 g/mol. The largest absolute Gasteiger partial charge is 0.342 e. The highest BCUT2D eigenvalue weighted by atomic mass is 16.2. The summed E-state index contributed by atoms with van der Waals surface area (Å²) in [7, 11) is 2.04. The highest BCUT2D eigenvalue weighted by molar-refractivity contribution is 5.78. The summed E-state index contributed by atoms with van der Waals surface area (Å²) in [5.74, 6) is 1.43. The zero-order valence-electron chi connectivity index (χ0n) is 13.6. The minimum atomic E-state index is 0.317. The maximum absolute atomic E-state index is 12.3. The molecule has 1 aromatic heterocycles. The SMILES string of the molecule is Cn1ccnc1CN1CCN(CC(=O)N2CCCCC2)CC1. The molecule has 2 aliphatic rings. The lowest BCUT2D eigenvalue weighted by molar-refractivity contribution is -0.133. The summed E-state index contributed by atoms with van der Waals surface area (Å²) < 4.78 is 2.08. The van der Waals surface area contributed by atoms with Crippen LogP contribution in [0.5, 0.6) is 0 Å². The van der Waals surface area contributed by atoms with Gasteiger partial charge in [0.05, 0.1) is 13.1 Å². The first-order valence-corrected chi connectivity index (χ1v) is 8.41. The Morgan fingerprint density at radius 3 is 2.36 bits per heavy atom. The number of hydrogen-bond acceptors (Lipinski definition) is 4. The van der Waals surface area contributed by atoms with Crippen molar-refractivity contribution in [3.05, 3.63) is 18.2 Å². The van der Waals surface area contributed by atoms with Gasteiger partial charge in [-0.05, 0) is 19.3 Å². The highest BCUT2D eigenvalue weighted by Gasteiger charge is 2.23. The van der Waals surface area contributed by atoms with E-state index in [1.165, 1.54) is 19.3 Å². The van der Waals surface area contributed by atoms with E-state index in [-0.39, 0.29) is 0 Å². The second-order valence-corrected chi connectivity index (χ2v) is 6.45. The van der Waals surface area contributed by atoms with Crippen molar-refractivity contribution in [3.8, 4) is 0 Å². The Kier molecular flexibility index (Phi) is 5.10. The summed E-state index contributed by atoms with van der Waals surface area (Å²) in [6.45, 7) is 7.39. The van der Waals surface area contributed by atoms with Gasteiger partial charge in [-0.15, -0.1) is 0 Å². The smallest absolute Gasteiger partial charge is 0.236 e. The lowest BCUT2D eigenvalue weighted by Gasteiger charge is -2.35. The number of rotatable bonds is 4. The molecule has 2 fully saturated rings. The van der Waals surface area contributed by atoms with Gasteiger partial charge < -0.3 is 9.47 Å². The minimum Gasteiger partial charge on any atom is -0.342 e. The van der Waals surface area contributed by atoms with E-state index in [9.17, 15) is 4.79 Å². The molecule has 1 aromatic rings. The van der Waals surface area contributed by atoms with Crippen LogP contribution in [0.2, 0.25) is 0 Å². The molecule has 3 heterocycles. The molecule has 2 aliphatic heterocycles. The standard InChI is InChI=1S/C16H27N5O/c1-18-8-5-17-15(18)13-19-9-11-20(12-10-19)14-16(22)21-6-3-2-4-7-21/h5,8H,2-4,6-7,9-14H2,1H3. The van der Waals surface area contributed by atoms with E-state index in [1.807, 2.05) is 24.3 Å². The van der Waals surface area contributed by atoms with Gasteiger partial charge >= 0.3 is 0 Å². The number of amides is 1. The molecule has 0 aliphatic carbocycles. The lowest BCUT2D eigenvalue weighted by Crippen LogP contribution is -2.50. The van der Waals surface area contributed by atoms with Gasteiger partial charge in [-0.25, -0.2) is 4.98 Å². The molecule has 0 bridgehead atoms. The van der Waals surface area contributed by atoms with Gasteiger partial charge in [0, 0.05) is 58.7 Å². The molecule has 22 heavy (non-hydrogen) atoms. The zero-order valence-corrected chi connectivity index (χ0v) is 13.6. The average Bonchev–Trinajstić information content (AvgIpc) is 2.95. The average molecular weight is 305 g/mol. The third-order valence-electron chi connectivity index (χ3n) is 4.82. The van der Waals surface area contributed by atoms with Crippen LogP contribution in [0.4, 0.5) is 0 Å². The molecule has 0 unspecified atom stereocenters. The number of aromatic nitrogens is 2. The number of likely N-dealkylation sites (tertiary alicyclic amines) is 1. The normalized spacial score (nSPS) is 21.2. The predicted octanol–water partition coefficient (Wildman–Crippen LogP) is 0.550. The minimum absolute atomic E-state index is 0.317. The molecule has 0 spiro atoms. The Bertz CT molecular complexity index is 486. The van der Waals surface area contributed by atoms with Crippen molar-refractivity contribution in [3.63, 3.8) is 0 Å². The van der Waals surface area contributed by atoms with Crippen LogP contribution in [0, 0.1) is 0 Å². The van der Waals surface area contributed by atoms with Crippen LogP contribution in [0.15, 0.2) is 12.4 Å². The summed E-state index contributed by atoms with van der Waals surface area (Å²) in [4.78, 5) is 23.5. The maximum Gasteiger partial charge on any atom is 0.236 e. The van der Waals surface area contributed by atoms with Crippen molar-refractivity contribution >= 4 is 5.91 Å². The number of hydrogen-bond donors (Lipinski definition) is 0. The Labute approximate surface area is 132 Å². The van der Waals surface area contributed by atoms with Gasteiger partial charge in [-0.1, -0.05) is 0 Å². The van der Waals surface area contributed by atoms with Gasteiger partial charge in [0.25, 0.3) is 0 Å². The summed E-state index contributed by atoms with van der Waals surface area (Å²) in [5, 5.41) is 0. The number of carbonyl (C=O) groups is 1. The van der Waals surface area contributed by atoms with E-state index in [1.54, 1.807) is 0 Å². The molecule has 0 saturated carbocycles.